The highest BCUT2D eigenvalue weighted by molar-refractivity contribution is 7.85. The molecule has 0 spiro atoms. The number of hydrogen-bond acceptors (Lipinski definition) is 5. The molecule has 0 saturated carbocycles. The van der Waals surface area contributed by atoms with E-state index in [1.807, 2.05) is 42.5 Å². The molecule has 0 radical (unpaired) electrons. The smallest absolute Gasteiger partial charge is 0.266 e. The summed E-state index contributed by atoms with van der Waals surface area (Å²) in [4.78, 5) is 26.3. The normalized spacial score (nSPS) is 12.3. The quantitative estimate of drug-likeness (QED) is 0.141. The summed E-state index contributed by atoms with van der Waals surface area (Å²) in [5.41, 5.74) is 5.67. The van der Waals surface area contributed by atoms with E-state index in [1.165, 1.54) is 0 Å². The topological polar surface area (TPSA) is 136 Å². The Morgan fingerprint density at radius 1 is 0.957 bits per heavy atom. The van der Waals surface area contributed by atoms with Crippen molar-refractivity contribution >= 4 is 45.3 Å². The van der Waals surface area contributed by atoms with Crippen LogP contribution in [0.25, 0.3) is 17.2 Å². The van der Waals surface area contributed by atoms with Crippen molar-refractivity contribution in [3.63, 3.8) is 0 Å². The number of carbonyl (C=O) groups is 2. The molecule has 0 saturated heterocycles. The maximum Gasteiger partial charge on any atom is 0.266 e. The number of carbonyl (C=O) groups excluding carboxylic acids is 2. The molecule has 4 aromatic carbocycles. The van der Waals surface area contributed by atoms with Gasteiger partial charge in [0, 0.05) is 23.4 Å². The molecule has 8 nitrogen and oxygen atoms in total. The fraction of sp³-hybridized carbons (Fsp3) is 0.216. The number of nitriles is 1. The molecule has 0 aliphatic heterocycles. The first-order chi connectivity index (χ1) is 22.2. The molecule has 1 unspecified atom stereocenters. The second-order valence-electron chi connectivity index (χ2n) is 12.2. The first kappa shape index (κ1) is 35.1. The van der Waals surface area contributed by atoms with Gasteiger partial charge in [-0.1, -0.05) is 99.1 Å². The Morgan fingerprint density at radius 3 is 2.19 bits per heavy atom. The molecule has 4 rings (SSSR count). The Morgan fingerprint density at radius 2 is 1.62 bits per heavy atom. The molecule has 4 aromatic rings. The van der Waals surface area contributed by atoms with Gasteiger partial charge in [-0.15, -0.1) is 0 Å². The third kappa shape index (κ3) is 10.6. The second kappa shape index (κ2) is 15.2. The highest BCUT2D eigenvalue weighted by Gasteiger charge is 2.22. The zero-order valence-electron chi connectivity index (χ0n) is 26.3. The van der Waals surface area contributed by atoms with E-state index >= 15 is 0 Å². The van der Waals surface area contributed by atoms with Crippen molar-refractivity contribution in [2.24, 2.45) is 5.41 Å². The summed E-state index contributed by atoms with van der Waals surface area (Å²) in [6.07, 6.45) is 4.51. The Hall–Kier alpha value is -4.75. The number of halogens is 1. The minimum absolute atomic E-state index is 0.0254. The van der Waals surface area contributed by atoms with E-state index in [-0.39, 0.29) is 17.9 Å². The van der Waals surface area contributed by atoms with Gasteiger partial charge in [0.15, 0.2) is 0 Å². The molecule has 0 aliphatic rings. The molecule has 47 heavy (non-hydrogen) atoms. The molecule has 10 heteroatoms. The van der Waals surface area contributed by atoms with Gasteiger partial charge in [-0.05, 0) is 70.5 Å². The van der Waals surface area contributed by atoms with Crippen LogP contribution < -0.4 is 10.6 Å². The average molecular weight is 670 g/mol. The van der Waals surface area contributed by atoms with E-state index in [0.29, 0.717) is 28.3 Å². The summed E-state index contributed by atoms with van der Waals surface area (Å²) in [7, 11) is -4.19. The van der Waals surface area contributed by atoms with Gasteiger partial charge in [-0.2, -0.15) is 13.7 Å². The standard InChI is InChI=1S/C37H36ClN3O5S/c1-37(2,3)19-18-25-4-10-29(11-5-25)33(22-26-6-14-30(15-7-26)35(42)40-20-21-47(44,45)46)36(43)41-31-16-17-32(34(38)23-31)28-12-8-27(24-39)9-13-28/h4-19,23,33H,20-22H2,1-3H3,(H,40,42)(H,41,43)(H,44,45,46). The lowest BCUT2D eigenvalue weighted by atomic mass is 9.89. The maximum absolute atomic E-state index is 13.8. The molecular weight excluding hydrogens is 634 g/mol. The summed E-state index contributed by atoms with van der Waals surface area (Å²) in [6.45, 7) is 6.14. The molecule has 0 aromatic heterocycles. The van der Waals surface area contributed by atoms with Crippen LogP contribution in [0.3, 0.4) is 0 Å². The van der Waals surface area contributed by atoms with Crippen LogP contribution in [-0.2, 0) is 21.3 Å². The van der Waals surface area contributed by atoms with E-state index in [9.17, 15) is 18.0 Å². The molecule has 3 N–H and O–H groups in total. The van der Waals surface area contributed by atoms with Gasteiger partial charge < -0.3 is 10.6 Å². The third-order valence-electron chi connectivity index (χ3n) is 7.29. The molecule has 242 valence electrons. The summed E-state index contributed by atoms with van der Waals surface area (Å²) < 4.78 is 30.8. The van der Waals surface area contributed by atoms with Gasteiger partial charge in [0.05, 0.1) is 28.3 Å². The van der Waals surface area contributed by atoms with Gasteiger partial charge in [0.25, 0.3) is 16.0 Å². The van der Waals surface area contributed by atoms with Gasteiger partial charge in [0.1, 0.15) is 0 Å². The SMILES string of the molecule is CC(C)(C)C=Cc1ccc(C(Cc2ccc(C(=O)NCCS(=O)(=O)O)cc2)C(=O)Nc2ccc(-c3ccc(C#N)cc3)c(Cl)c2)cc1. The molecule has 0 heterocycles. The average Bonchev–Trinajstić information content (AvgIpc) is 3.02. The second-order valence-corrected chi connectivity index (χ2v) is 14.2. The van der Waals surface area contributed by atoms with Crippen molar-refractivity contribution < 1.29 is 22.6 Å². The van der Waals surface area contributed by atoms with E-state index < -0.39 is 27.7 Å². The summed E-state index contributed by atoms with van der Waals surface area (Å²) in [5.74, 6) is -1.88. The van der Waals surface area contributed by atoms with Crippen molar-refractivity contribution in [1.82, 2.24) is 5.32 Å². The number of nitrogens with one attached hydrogen (secondary N) is 2. The van der Waals surface area contributed by atoms with Crippen molar-refractivity contribution in [1.29, 1.82) is 5.26 Å². The summed E-state index contributed by atoms with van der Waals surface area (Å²) in [6, 6.07) is 29.0. The van der Waals surface area contributed by atoms with E-state index in [0.717, 1.165) is 27.8 Å². The highest BCUT2D eigenvalue weighted by atomic mass is 35.5. The van der Waals surface area contributed by atoms with Crippen molar-refractivity contribution in [2.75, 3.05) is 17.6 Å². The number of rotatable bonds is 11. The monoisotopic (exact) mass is 669 g/mol. The van der Waals surface area contributed by atoms with Crippen LogP contribution in [0, 0.1) is 16.7 Å². The number of anilines is 1. The molecule has 1 atom stereocenters. The lowest BCUT2D eigenvalue weighted by Gasteiger charge is -2.19. The van der Waals surface area contributed by atoms with Crippen molar-refractivity contribution in [3.05, 3.63) is 130 Å². The van der Waals surface area contributed by atoms with Crippen LogP contribution in [0.4, 0.5) is 5.69 Å². The van der Waals surface area contributed by atoms with Gasteiger partial charge >= 0.3 is 0 Å². The van der Waals surface area contributed by atoms with Crippen molar-refractivity contribution in [2.45, 2.75) is 33.1 Å². The van der Waals surface area contributed by atoms with Crippen molar-refractivity contribution in [3.8, 4) is 17.2 Å². The summed E-state index contributed by atoms with van der Waals surface area (Å²) in [5, 5.41) is 15.0. The fourth-order valence-corrected chi connectivity index (χ4v) is 5.40. The Bertz CT molecular complexity index is 1910. The fourth-order valence-electron chi connectivity index (χ4n) is 4.75. The van der Waals surface area contributed by atoms with Crippen LogP contribution >= 0.6 is 11.6 Å². The van der Waals surface area contributed by atoms with Crippen LogP contribution in [0.5, 0.6) is 0 Å². The zero-order chi connectivity index (χ0) is 34.2. The van der Waals surface area contributed by atoms with E-state index in [1.54, 1.807) is 48.5 Å². The number of hydrogen-bond donors (Lipinski definition) is 3. The van der Waals surface area contributed by atoms with E-state index in [4.69, 9.17) is 21.4 Å². The Balaban J connectivity index is 1.55. The third-order valence-corrected chi connectivity index (χ3v) is 8.33. The van der Waals surface area contributed by atoms with Crippen LogP contribution in [0.15, 0.2) is 97.1 Å². The summed E-state index contributed by atoms with van der Waals surface area (Å²) >= 11 is 6.62. The Labute approximate surface area is 280 Å². The molecule has 2 amide bonds. The first-order valence-corrected chi connectivity index (χ1v) is 16.9. The number of allylic oxidation sites excluding steroid dienone is 1. The highest BCUT2D eigenvalue weighted by Crippen LogP contribution is 2.32. The van der Waals surface area contributed by atoms with Crippen LogP contribution in [0.2, 0.25) is 5.02 Å². The number of nitrogens with zero attached hydrogens (tertiary/aromatic N) is 1. The lowest BCUT2D eigenvalue weighted by Crippen LogP contribution is -2.28. The predicted octanol–water partition coefficient (Wildman–Crippen LogP) is 7.52. The molecule has 0 aliphatic carbocycles. The van der Waals surface area contributed by atoms with E-state index in [2.05, 4.69) is 49.6 Å². The number of amides is 2. The molecule has 0 bridgehead atoms. The van der Waals surface area contributed by atoms with Gasteiger partial charge in [-0.3, -0.25) is 14.1 Å². The predicted molar refractivity (Wildman–Crippen MR) is 187 cm³/mol. The van der Waals surface area contributed by atoms with Crippen LogP contribution in [-0.4, -0.2) is 37.1 Å². The maximum atomic E-state index is 13.8. The number of benzene rings is 4. The minimum atomic E-state index is -4.19. The minimum Gasteiger partial charge on any atom is -0.351 e. The van der Waals surface area contributed by atoms with Gasteiger partial charge in [-0.25, -0.2) is 0 Å². The Kier molecular flexibility index (Phi) is 11.4. The van der Waals surface area contributed by atoms with Gasteiger partial charge in [0.2, 0.25) is 5.91 Å². The van der Waals surface area contributed by atoms with Crippen LogP contribution in [0.1, 0.15) is 59.3 Å². The largest absolute Gasteiger partial charge is 0.351 e. The zero-order valence-corrected chi connectivity index (χ0v) is 27.9. The molecular formula is C37H36ClN3O5S. The lowest BCUT2D eigenvalue weighted by molar-refractivity contribution is -0.117. The first-order valence-electron chi connectivity index (χ1n) is 14.9. The molecule has 0 fully saturated rings.